The summed E-state index contributed by atoms with van der Waals surface area (Å²) >= 11 is 0. The van der Waals surface area contributed by atoms with Crippen LogP contribution in [0.5, 0.6) is 0 Å². The van der Waals surface area contributed by atoms with Gasteiger partial charge in [0.2, 0.25) is 11.9 Å². The van der Waals surface area contributed by atoms with Gasteiger partial charge in [0.15, 0.2) is 9.84 Å². The fraction of sp³-hybridized carbons (Fsp3) is 0.344. The summed E-state index contributed by atoms with van der Waals surface area (Å²) in [6.45, 7) is 2.68. The van der Waals surface area contributed by atoms with E-state index in [0.717, 1.165) is 25.7 Å². The van der Waals surface area contributed by atoms with Crippen LogP contribution in [0.2, 0.25) is 0 Å². The zero-order valence-corrected chi connectivity index (χ0v) is 25.4. The molecule has 10 nitrogen and oxygen atoms in total. The fourth-order valence-electron chi connectivity index (χ4n) is 5.20. The molecule has 0 bridgehead atoms. The molecule has 1 aliphatic rings. The third-order valence-corrected chi connectivity index (χ3v) is 9.54. The number of benzene rings is 2. The van der Waals surface area contributed by atoms with Crippen molar-refractivity contribution in [1.82, 2.24) is 19.9 Å². The SMILES string of the molecule is CCc1nc(NCC2CCC(CCS(=O)(=O)c3ccc(F)cc3)CC2)nc(Nc2ccc(C(=O)Nc3ccccc3)cn2)n1. The van der Waals surface area contributed by atoms with E-state index in [4.69, 9.17) is 0 Å². The van der Waals surface area contributed by atoms with Crippen LogP contribution in [0, 0.1) is 17.7 Å². The number of nitrogens with one attached hydrogen (secondary N) is 3. The molecule has 12 heteroatoms. The van der Waals surface area contributed by atoms with E-state index in [9.17, 15) is 17.6 Å². The summed E-state index contributed by atoms with van der Waals surface area (Å²) in [5.74, 6) is 2.13. The van der Waals surface area contributed by atoms with Crippen molar-refractivity contribution < 1.29 is 17.6 Å². The Morgan fingerprint density at radius 1 is 0.886 bits per heavy atom. The lowest BCUT2D eigenvalue weighted by Gasteiger charge is -2.28. The molecule has 1 aliphatic carbocycles. The Hall–Kier alpha value is -4.45. The Balaban J connectivity index is 1.10. The van der Waals surface area contributed by atoms with E-state index in [1.165, 1.54) is 30.5 Å². The van der Waals surface area contributed by atoms with E-state index in [-0.39, 0.29) is 16.6 Å². The van der Waals surface area contributed by atoms with Crippen LogP contribution < -0.4 is 16.0 Å². The van der Waals surface area contributed by atoms with Gasteiger partial charge in [0.05, 0.1) is 16.2 Å². The van der Waals surface area contributed by atoms with E-state index in [1.54, 1.807) is 12.1 Å². The highest BCUT2D eigenvalue weighted by molar-refractivity contribution is 7.91. The van der Waals surface area contributed by atoms with E-state index in [1.807, 2.05) is 37.3 Å². The minimum absolute atomic E-state index is 0.0745. The largest absolute Gasteiger partial charge is 0.354 e. The second-order valence-electron chi connectivity index (χ2n) is 11.0. The number of aryl methyl sites for hydroxylation is 1. The van der Waals surface area contributed by atoms with Gasteiger partial charge in [-0.2, -0.15) is 15.0 Å². The highest BCUT2D eigenvalue weighted by atomic mass is 32.2. The molecule has 0 spiro atoms. The number of halogens is 1. The zero-order valence-electron chi connectivity index (χ0n) is 24.5. The standard InChI is InChI=1S/C32H36FN7O3S/c1-2-28-37-31(35-20-23-10-8-22(9-11-23)18-19-44(42,43)27-15-13-25(33)14-16-27)40-32(38-28)39-29-17-12-24(21-34-29)30(41)36-26-6-4-3-5-7-26/h3-7,12-17,21-23H,2,8-11,18-20H2,1H3,(H,36,41)(H2,34,35,37,38,39,40). The van der Waals surface area contributed by atoms with Crippen molar-refractivity contribution in [2.24, 2.45) is 11.8 Å². The smallest absolute Gasteiger partial charge is 0.257 e. The van der Waals surface area contributed by atoms with Gasteiger partial charge in [-0.25, -0.2) is 17.8 Å². The number of sulfone groups is 1. The van der Waals surface area contributed by atoms with Crippen LogP contribution in [0.3, 0.4) is 0 Å². The first-order valence-corrected chi connectivity index (χ1v) is 16.5. The maximum absolute atomic E-state index is 13.2. The molecule has 2 aromatic heterocycles. The first-order valence-electron chi connectivity index (χ1n) is 14.8. The molecule has 4 aromatic rings. The number of carbonyl (C=O) groups is 1. The minimum atomic E-state index is -3.42. The number of hydrogen-bond acceptors (Lipinski definition) is 9. The third-order valence-electron chi connectivity index (χ3n) is 7.78. The van der Waals surface area contributed by atoms with Crippen LogP contribution in [0.1, 0.15) is 55.2 Å². The Kier molecular flexibility index (Phi) is 10.1. The highest BCUT2D eigenvalue weighted by Gasteiger charge is 2.24. The van der Waals surface area contributed by atoms with E-state index in [2.05, 4.69) is 35.9 Å². The summed E-state index contributed by atoms with van der Waals surface area (Å²) in [6.07, 6.45) is 6.62. The molecule has 2 heterocycles. The molecule has 0 unspecified atom stereocenters. The van der Waals surface area contributed by atoms with Gasteiger partial charge in [0, 0.05) is 24.8 Å². The van der Waals surface area contributed by atoms with Crippen LogP contribution >= 0.6 is 0 Å². The number of para-hydroxylation sites is 1. The quantitative estimate of drug-likeness (QED) is 0.162. The number of pyridine rings is 1. The first-order chi connectivity index (χ1) is 21.3. The maximum atomic E-state index is 13.2. The number of nitrogens with zero attached hydrogens (tertiary/aromatic N) is 4. The normalized spacial score (nSPS) is 16.7. The molecule has 230 valence electrons. The number of anilines is 4. The molecule has 0 atom stereocenters. The van der Waals surface area contributed by atoms with Gasteiger partial charge in [-0.1, -0.05) is 38.0 Å². The van der Waals surface area contributed by atoms with E-state index < -0.39 is 15.7 Å². The number of amides is 1. The molecule has 2 aromatic carbocycles. The predicted molar refractivity (Wildman–Crippen MR) is 168 cm³/mol. The molecule has 44 heavy (non-hydrogen) atoms. The topological polar surface area (TPSA) is 139 Å². The summed E-state index contributed by atoms with van der Waals surface area (Å²) in [5, 5.41) is 9.30. The van der Waals surface area contributed by atoms with Crippen LogP contribution in [-0.2, 0) is 16.3 Å². The van der Waals surface area contributed by atoms with Gasteiger partial charge < -0.3 is 16.0 Å². The summed E-state index contributed by atoms with van der Waals surface area (Å²) in [7, 11) is -3.42. The van der Waals surface area contributed by atoms with Crippen molar-refractivity contribution in [2.75, 3.05) is 28.2 Å². The van der Waals surface area contributed by atoms with Crippen molar-refractivity contribution in [2.45, 2.75) is 50.3 Å². The molecule has 3 N–H and O–H groups in total. The lowest BCUT2D eigenvalue weighted by molar-refractivity contribution is 0.102. The van der Waals surface area contributed by atoms with Crippen molar-refractivity contribution >= 4 is 39.1 Å². The van der Waals surface area contributed by atoms with Crippen molar-refractivity contribution in [3.05, 3.63) is 90.1 Å². The number of aromatic nitrogens is 4. The fourth-order valence-corrected chi connectivity index (χ4v) is 6.63. The Labute approximate surface area is 256 Å². The second-order valence-corrected chi connectivity index (χ2v) is 13.1. The Morgan fingerprint density at radius 2 is 1.59 bits per heavy atom. The van der Waals surface area contributed by atoms with Crippen LogP contribution in [0.4, 0.5) is 27.8 Å². The molecule has 0 saturated heterocycles. The van der Waals surface area contributed by atoms with Crippen LogP contribution in [-0.4, -0.2) is 46.6 Å². The molecule has 5 rings (SSSR count). The minimum Gasteiger partial charge on any atom is -0.354 e. The molecule has 1 amide bonds. The average molecular weight is 618 g/mol. The van der Waals surface area contributed by atoms with Gasteiger partial charge >= 0.3 is 0 Å². The van der Waals surface area contributed by atoms with Gasteiger partial charge in [0.25, 0.3) is 5.91 Å². The van der Waals surface area contributed by atoms with Crippen LogP contribution in [0.15, 0.2) is 77.8 Å². The molecule has 1 saturated carbocycles. The summed E-state index contributed by atoms with van der Waals surface area (Å²) in [5.41, 5.74) is 1.13. The molecule has 0 aliphatic heterocycles. The van der Waals surface area contributed by atoms with Crippen molar-refractivity contribution in [3.8, 4) is 0 Å². The maximum Gasteiger partial charge on any atom is 0.257 e. The van der Waals surface area contributed by atoms with Gasteiger partial charge in [-0.05, 0) is 79.6 Å². The van der Waals surface area contributed by atoms with Crippen molar-refractivity contribution in [1.29, 1.82) is 0 Å². The van der Waals surface area contributed by atoms with Gasteiger partial charge in [-0.15, -0.1) is 0 Å². The monoisotopic (exact) mass is 617 g/mol. The third kappa shape index (κ3) is 8.56. The lowest BCUT2D eigenvalue weighted by atomic mass is 9.81. The van der Waals surface area contributed by atoms with Crippen molar-refractivity contribution in [3.63, 3.8) is 0 Å². The lowest BCUT2D eigenvalue weighted by Crippen LogP contribution is -2.23. The second kappa shape index (κ2) is 14.3. The van der Waals surface area contributed by atoms with Gasteiger partial charge in [-0.3, -0.25) is 4.79 Å². The van der Waals surface area contributed by atoms with Crippen LogP contribution in [0.25, 0.3) is 0 Å². The molecular formula is C32H36FN7O3S. The summed E-state index contributed by atoms with van der Waals surface area (Å²) in [6, 6.07) is 17.6. The number of carbonyl (C=O) groups excluding carboxylic acids is 1. The summed E-state index contributed by atoms with van der Waals surface area (Å²) in [4.78, 5) is 30.6. The summed E-state index contributed by atoms with van der Waals surface area (Å²) < 4.78 is 38.4. The Bertz CT molecular complexity index is 1650. The highest BCUT2D eigenvalue weighted by Crippen LogP contribution is 2.32. The predicted octanol–water partition coefficient (Wildman–Crippen LogP) is 6.05. The first kappa shape index (κ1) is 31.0. The average Bonchev–Trinajstić information content (AvgIpc) is 3.04. The Morgan fingerprint density at radius 3 is 2.27 bits per heavy atom. The van der Waals surface area contributed by atoms with Gasteiger partial charge in [0.1, 0.15) is 17.5 Å². The zero-order chi connectivity index (χ0) is 30.9. The number of hydrogen-bond donors (Lipinski definition) is 3. The van der Waals surface area contributed by atoms with E-state index >= 15 is 0 Å². The molecule has 0 radical (unpaired) electrons. The van der Waals surface area contributed by atoms with E-state index in [0.29, 0.717) is 66.0 Å². The molecule has 1 fully saturated rings. The number of rotatable bonds is 12. The molecular weight excluding hydrogens is 581 g/mol.